The molecule has 1 aromatic carbocycles. The predicted octanol–water partition coefficient (Wildman–Crippen LogP) is 1.10. The Hall–Kier alpha value is -1.79. The highest BCUT2D eigenvalue weighted by molar-refractivity contribution is 5.18. The lowest BCUT2D eigenvalue weighted by molar-refractivity contribution is 0.173. The quantitative estimate of drug-likeness (QED) is 0.864. The van der Waals surface area contributed by atoms with E-state index in [0.29, 0.717) is 18.8 Å². The highest BCUT2D eigenvalue weighted by Crippen LogP contribution is 2.11. The number of aliphatic hydroxyl groups is 1. The summed E-state index contributed by atoms with van der Waals surface area (Å²) in [5.41, 5.74) is 2.13. The molecule has 0 saturated carbocycles. The van der Waals surface area contributed by atoms with Crippen LogP contribution in [0.4, 0.5) is 4.39 Å². The second kappa shape index (κ2) is 5.70. The Kier molecular flexibility index (Phi) is 4.01. The van der Waals surface area contributed by atoms with Crippen LogP contribution < -0.4 is 0 Å². The van der Waals surface area contributed by atoms with Crippen molar-refractivity contribution in [2.24, 2.45) is 0 Å². The molecule has 1 heterocycles. The number of halogens is 1. The van der Waals surface area contributed by atoms with Crippen LogP contribution in [-0.4, -0.2) is 27.2 Å². The Morgan fingerprint density at radius 3 is 2.67 bits per heavy atom. The van der Waals surface area contributed by atoms with Gasteiger partial charge in [-0.05, 0) is 17.7 Å². The summed E-state index contributed by atoms with van der Waals surface area (Å²) >= 11 is 0. The average molecular weight is 251 g/mol. The monoisotopic (exact) mass is 251 g/mol. The van der Waals surface area contributed by atoms with Crippen LogP contribution in [0, 0.1) is 5.82 Å². The molecule has 0 aliphatic rings. The number of ether oxygens (including phenoxy) is 1. The summed E-state index contributed by atoms with van der Waals surface area (Å²) in [4.78, 5) is 0. The lowest BCUT2D eigenvalue weighted by Gasteiger charge is -2.06. The van der Waals surface area contributed by atoms with Gasteiger partial charge in [0, 0.05) is 7.11 Å². The number of benzene rings is 1. The predicted molar refractivity (Wildman–Crippen MR) is 62.2 cm³/mol. The molecular weight excluding hydrogens is 237 g/mol. The average Bonchev–Trinajstić information content (AvgIpc) is 2.75. The summed E-state index contributed by atoms with van der Waals surface area (Å²) < 4.78 is 19.5. The summed E-state index contributed by atoms with van der Waals surface area (Å²) in [6.07, 6.45) is 0. The van der Waals surface area contributed by atoms with E-state index in [1.165, 1.54) is 12.1 Å². The van der Waals surface area contributed by atoms with Crippen LogP contribution in [0.3, 0.4) is 0 Å². The van der Waals surface area contributed by atoms with Crippen LogP contribution in [0.15, 0.2) is 24.3 Å². The van der Waals surface area contributed by atoms with Crippen molar-refractivity contribution >= 4 is 0 Å². The molecule has 2 aromatic rings. The third kappa shape index (κ3) is 2.72. The number of aromatic nitrogens is 3. The number of methoxy groups -OCH3 is 1. The first-order chi connectivity index (χ1) is 8.74. The van der Waals surface area contributed by atoms with Crippen LogP contribution in [0.5, 0.6) is 0 Å². The maximum Gasteiger partial charge on any atom is 0.123 e. The zero-order valence-corrected chi connectivity index (χ0v) is 10.0. The molecule has 2 rings (SSSR count). The smallest absolute Gasteiger partial charge is 0.123 e. The van der Waals surface area contributed by atoms with Crippen molar-refractivity contribution in [3.8, 4) is 0 Å². The Balaban J connectivity index is 2.22. The van der Waals surface area contributed by atoms with Crippen molar-refractivity contribution in [2.75, 3.05) is 7.11 Å². The number of nitrogens with zero attached hydrogens (tertiary/aromatic N) is 3. The molecule has 0 fully saturated rings. The molecule has 0 radical (unpaired) electrons. The molecule has 0 unspecified atom stereocenters. The largest absolute Gasteiger partial charge is 0.390 e. The molecule has 0 aliphatic heterocycles. The van der Waals surface area contributed by atoms with Gasteiger partial charge in [-0.3, -0.25) is 0 Å². The van der Waals surface area contributed by atoms with Gasteiger partial charge >= 0.3 is 0 Å². The van der Waals surface area contributed by atoms with Crippen molar-refractivity contribution in [3.63, 3.8) is 0 Å². The van der Waals surface area contributed by atoms with Crippen molar-refractivity contribution in [2.45, 2.75) is 19.8 Å². The first-order valence-corrected chi connectivity index (χ1v) is 5.50. The summed E-state index contributed by atoms with van der Waals surface area (Å²) in [6, 6.07) is 6.17. The van der Waals surface area contributed by atoms with E-state index in [1.807, 2.05) is 0 Å². The van der Waals surface area contributed by atoms with Crippen LogP contribution in [-0.2, 0) is 24.5 Å². The minimum atomic E-state index is -0.273. The minimum absolute atomic E-state index is 0.178. The van der Waals surface area contributed by atoms with E-state index in [0.717, 1.165) is 11.3 Å². The van der Waals surface area contributed by atoms with Crippen molar-refractivity contribution < 1.29 is 14.2 Å². The van der Waals surface area contributed by atoms with Gasteiger partial charge in [-0.25, -0.2) is 9.07 Å². The molecule has 96 valence electrons. The number of hydrogen-bond acceptors (Lipinski definition) is 4. The molecule has 6 heteroatoms. The summed E-state index contributed by atoms with van der Waals surface area (Å²) in [7, 11) is 1.57. The molecule has 0 amide bonds. The maximum atomic E-state index is 12.8. The van der Waals surface area contributed by atoms with Crippen molar-refractivity contribution in [1.29, 1.82) is 0 Å². The summed E-state index contributed by atoms with van der Waals surface area (Å²) in [5.74, 6) is -0.273. The molecule has 0 spiro atoms. The lowest BCUT2D eigenvalue weighted by Crippen LogP contribution is -2.08. The van der Waals surface area contributed by atoms with Gasteiger partial charge in [0.2, 0.25) is 0 Å². The third-order valence-corrected chi connectivity index (χ3v) is 2.59. The van der Waals surface area contributed by atoms with E-state index in [1.54, 1.807) is 23.9 Å². The summed E-state index contributed by atoms with van der Waals surface area (Å²) in [6.45, 7) is 0.609. The molecule has 0 bridgehead atoms. The van der Waals surface area contributed by atoms with Gasteiger partial charge in [-0.15, -0.1) is 5.10 Å². The molecular formula is C12H14FN3O2. The van der Waals surface area contributed by atoms with Crippen molar-refractivity contribution in [3.05, 3.63) is 47.0 Å². The SMILES string of the molecule is COCc1c(CO)nnn1Cc1ccc(F)cc1. The Morgan fingerprint density at radius 1 is 1.33 bits per heavy atom. The maximum absolute atomic E-state index is 12.8. The molecule has 1 aromatic heterocycles. The van der Waals surface area contributed by atoms with Crippen LogP contribution in [0.2, 0.25) is 0 Å². The minimum Gasteiger partial charge on any atom is -0.390 e. The van der Waals surface area contributed by atoms with Gasteiger partial charge in [-0.1, -0.05) is 17.3 Å². The first-order valence-electron chi connectivity index (χ1n) is 5.50. The zero-order chi connectivity index (χ0) is 13.0. The highest BCUT2D eigenvalue weighted by atomic mass is 19.1. The van der Waals surface area contributed by atoms with Gasteiger partial charge in [0.05, 0.1) is 25.5 Å². The van der Waals surface area contributed by atoms with Gasteiger partial charge in [0.15, 0.2) is 0 Å². The molecule has 0 atom stereocenters. The second-order valence-corrected chi connectivity index (χ2v) is 3.86. The van der Waals surface area contributed by atoms with Crippen LogP contribution in [0.1, 0.15) is 17.0 Å². The number of aliphatic hydroxyl groups excluding tert-OH is 1. The fraction of sp³-hybridized carbons (Fsp3) is 0.333. The van der Waals surface area contributed by atoms with E-state index >= 15 is 0 Å². The first kappa shape index (κ1) is 12.7. The molecule has 18 heavy (non-hydrogen) atoms. The Bertz CT molecular complexity index is 511. The Morgan fingerprint density at radius 2 is 2.06 bits per heavy atom. The van der Waals surface area contributed by atoms with E-state index in [4.69, 9.17) is 9.84 Å². The van der Waals surface area contributed by atoms with Crippen molar-refractivity contribution in [1.82, 2.24) is 15.0 Å². The number of rotatable bonds is 5. The Labute approximate surface area is 104 Å². The highest BCUT2D eigenvalue weighted by Gasteiger charge is 2.12. The van der Waals surface area contributed by atoms with Crippen LogP contribution >= 0.6 is 0 Å². The van der Waals surface area contributed by atoms with E-state index in [-0.39, 0.29) is 12.4 Å². The fourth-order valence-corrected chi connectivity index (χ4v) is 1.68. The van der Waals surface area contributed by atoms with Gasteiger partial charge in [-0.2, -0.15) is 0 Å². The fourth-order valence-electron chi connectivity index (χ4n) is 1.68. The zero-order valence-electron chi connectivity index (χ0n) is 10.0. The summed E-state index contributed by atoms with van der Waals surface area (Å²) in [5, 5.41) is 17.0. The number of hydrogen-bond donors (Lipinski definition) is 1. The normalized spacial score (nSPS) is 10.8. The van der Waals surface area contributed by atoms with Crippen LogP contribution in [0.25, 0.3) is 0 Å². The standard InChI is InChI=1S/C12H14FN3O2/c1-18-8-12-11(7-17)14-15-16(12)6-9-2-4-10(13)5-3-9/h2-5,17H,6-8H2,1H3. The van der Waals surface area contributed by atoms with E-state index in [9.17, 15) is 4.39 Å². The van der Waals surface area contributed by atoms with E-state index in [2.05, 4.69) is 10.3 Å². The molecule has 0 saturated heterocycles. The molecule has 1 N–H and O–H groups in total. The van der Waals surface area contributed by atoms with Gasteiger partial charge < -0.3 is 9.84 Å². The van der Waals surface area contributed by atoms with Gasteiger partial charge in [0.25, 0.3) is 0 Å². The topological polar surface area (TPSA) is 60.2 Å². The third-order valence-electron chi connectivity index (χ3n) is 2.59. The molecule has 0 aliphatic carbocycles. The van der Waals surface area contributed by atoms with Gasteiger partial charge in [0.1, 0.15) is 11.5 Å². The second-order valence-electron chi connectivity index (χ2n) is 3.86. The van der Waals surface area contributed by atoms with E-state index < -0.39 is 0 Å². The molecule has 5 nitrogen and oxygen atoms in total. The lowest BCUT2D eigenvalue weighted by atomic mass is 10.2.